The Balaban J connectivity index is 2.13. The van der Waals surface area contributed by atoms with E-state index in [1.165, 1.54) is 7.11 Å². The van der Waals surface area contributed by atoms with Crippen LogP contribution in [0.3, 0.4) is 0 Å². The van der Waals surface area contributed by atoms with Gasteiger partial charge in [0.15, 0.2) is 11.5 Å². The van der Waals surface area contributed by atoms with Gasteiger partial charge in [0, 0.05) is 23.9 Å². The summed E-state index contributed by atoms with van der Waals surface area (Å²) < 4.78 is 11.2. The van der Waals surface area contributed by atoms with Crippen LogP contribution in [0.2, 0.25) is 0 Å². The molecule has 5 heteroatoms. The smallest absolute Gasteiger partial charge is 0.162 e. The van der Waals surface area contributed by atoms with E-state index in [4.69, 9.17) is 9.47 Å². The molecule has 0 unspecified atom stereocenters. The van der Waals surface area contributed by atoms with Gasteiger partial charge in [-0.05, 0) is 34.1 Å². The highest BCUT2D eigenvalue weighted by Gasteiger charge is 2.07. The number of anilines is 1. The molecule has 2 aromatic carbocycles. The predicted molar refractivity (Wildman–Crippen MR) is 82.7 cm³/mol. The lowest BCUT2D eigenvalue weighted by Gasteiger charge is -2.12. The van der Waals surface area contributed by atoms with E-state index in [0.717, 1.165) is 21.5 Å². The van der Waals surface area contributed by atoms with Crippen molar-refractivity contribution < 1.29 is 14.6 Å². The molecule has 20 heavy (non-hydrogen) atoms. The van der Waals surface area contributed by atoms with Gasteiger partial charge in [-0.15, -0.1) is 0 Å². The molecule has 0 atom stereocenters. The van der Waals surface area contributed by atoms with Crippen molar-refractivity contribution in [2.24, 2.45) is 0 Å². The third kappa shape index (κ3) is 3.17. The first-order chi connectivity index (χ1) is 9.65. The number of aromatic hydroxyl groups is 1. The molecule has 2 N–H and O–H groups in total. The molecule has 0 aliphatic heterocycles. The summed E-state index contributed by atoms with van der Waals surface area (Å²) in [5.74, 6) is 1.38. The van der Waals surface area contributed by atoms with Crippen LogP contribution in [-0.2, 0) is 6.54 Å². The molecule has 0 amide bonds. The van der Waals surface area contributed by atoms with Crippen LogP contribution in [0.4, 0.5) is 5.69 Å². The normalized spacial score (nSPS) is 10.2. The summed E-state index contributed by atoms with van der Waals surface area (Å²) in [5.41, 5.74) is 1.68. The Morgan fingerprint density at radius 3 is 2.55 bits per heavy atom. The number of halogens is 1. The van der Waals surface area contributed by atoms with Crippen LogP contribution in [0.5, 0.6) is 17.2 Å². The molecule has 0 aliphatic carbocycles. The van der Waals surface area contributed by atoms with Crippen molar-refractivity contribution in [2.45, 2.75) is 6.54 Å². The standard InChI is InChI=1S/C15H16BrNO3/c1-19-13-5-3-4-10(15(13)18)9-17-11-6-7-12(16)14(8-11)20-2/h3-8,17-18H,9H2,1-2H3. The highest BCUT2D eigenvalue weighted by atomic mass is 79.9. The van der Waals surface area contributed by atoms with Crippen LogP contribution < -0.4 is 14.8 Å². The minimum absolute atomic E-state index is 0.159. The summed E-state index contributed by atoms with van der Waals surface area (Å²) in [5, 5.41) is 13.3. The van der Waals surface area contributed by atoms with E-state index < -0.39 is 0 Å². The second-order valence-corrected chi connectivity index (χ2v) is 5.03. The molecular weight excluding hydrogens is 322 g/mol. The van der Waals surface area contributed by atoms with Crippen molar-refractivity contribution >= 4 is 21.6 Å². The van der Waals surface area contributed by atoms with Crippen molar-refractivity contribution in [2.75, 3.05) is 19.5 Å². The van der Waals surface area contributed by atoms with E-state index >= 15 is 0 Å². The molecule has 0 radical (unpaired) electrons. The predicted octanol–water partition coefficient (Wildman–Crippen LogP) is 3.78. The molecule has 0 saturated carbocycles. The van der Waals surface area contributed by atoms with Crippen molar-refractivity contribution in [3.8, 4) is 17.2 Å². The van der Waals surface area contributed by atoms with Gasteiger partial charge in [-0.3, -0.25) is 0 Å². The minimum atomic E-state index is 0.159. The summed E-state index contributed by atoms with van der Waals surface area (Å²) in [6, 6.07) is 11.2. The summed E-state index contributed by atoms with van der Waals surface area (Å²) in [7, 11) is 3.16. The van der Waals surface area contributed by atoms with Crippen molar-refractivity contribution in [1.82, 2.24) is 0 Å². The Morgan fingerprint density at radius 2 is 1.85 bits per heavy atom. The van der Waals surface area contributed by atoms with Crippen molar-refractivity contribution in [1.29, 1.82) is 0 Å². The molecule has 106 valence electrons. The van der Waals surface area contributed by atoms with Crippen LogP contribution >= 0.6 is 15.9 Å². The van der Waals surface area contributed by atoms with Gasteiger partial charge in [-0.25, -0.2) is 0 Å². The molecule has 2 aromatic rings. The average molecular weight is 338 g/mol. The molecule has 0 aromatic heterocycles. The monoisotopic (exact) mass is 337 g/mol. The maximum atomic E-state index is 10.0. The molecule has 0 saturated heterocycles. The number of para-hydroxylation sites is 1. The largest absolute Gasteiger partial charge is 0.504 e. The van der Waals surface area contributed by atoms with Crippen LogP contribution in [0.15, 0.2) is 40.9 Å². The Hall–Kier alpha value is -1.88. The lowest BCUT2D eigenvalue weighted by atomic mass is 10.2. The maximum Gasteiger partial charge on any atom is 0.162 e. The van der Waals surface area contributed by atoms with E-state index in [-0.39, 0.29) is 5.75 Å². The summed E-state index contributed by atoms with van der Waals surface area (Å²) >= 11 is 3.41. The fourth-order valence-corrected chi connectivity index (χ4v) is 2.25. The van der Waals surface area contributed by atoms with Gasteiger partial charge >= 0.3 is 0 Å². The highest BCUT2D eigenvalue weighted by molar-refractivity contribution is 9.10. The van der Waals surface area contributed by atoms with Gasteiger partial charge in [0.1, 0.15) is 5.75 Å². The zero-order valence-electron chi connectivity index (χ0n) is 11.3. The lowest BCUT2D eigenvalue weighted by molar-refractivity contribution is 0.371. The average Bonchev–Trinajstić information content (AvgIpc) is 2.47. The number of ether oxygens (including phenoxy) is 2. The number of methoxy groups -OCH3 is 2. The molecule has 0 aliphatic rings. The SMILES string of the molecule is COc1cc(NCc2cccc(OC)c2O)ccc1Br. The Morgan fingerprint density at radius 1 is 1.10 bits per heavy atom. The highest BCUT2D eigenvalue weighted by Crippen LogP contribution is 2.31. The van der Waals surface area contributed by atoms with Gasteiger partial charge in [0.05, 0.1) is 18.7 Å². The van der Waals surface area contributed by atoms with Crippen LogP contribution in [0.25, 0.3) is 0 Å². The summed E-state index contributed by atoms with van der Waals surface area (Å²) in [4.78, 5) is 0. The molecule has 2 rings (SSSR count). The number of phenolic OH excluding ortho intramolecular Hbond substituents is 1. The van der Waals surface area contributed by atoms with Crippen LogP contribution in [0.1, 0.15) is 5.56 Å². The maximum absolute atomic E-state index is 10.0. The van der Waals surface area contributed by atoms with E-state index in [1.807, 2.05) is 30.3 Å². The number of hydrogen-bond acceptors (Lipinski definition) is 4. The topological polar surface area (TPSA) is 50.7 Å². The Labute approximate surface area is 126 Å². The number of benzene rings is 2. The van der Waals surface area contributed by atoms with Gasteiger partial charge in [0.2, 0.25) is 0 Å². The zero-order chi connectivity index (χ0) is 14.5. The van der Waals surface area contributed by atoms with Crippen molar-refractivity contribution in [3.05, 3.63) is 46.4 Å². The number of nitrogens with one attached hydrogen (secondary N) is 1. The molecule has 0 heterocycles. The third-order valence-electron chi connectivity index (χ3n) is 2.94. The van der Waals surface area contributed by atoms with Crippen LogP contribution in [-0.4, -0.2) is 19.3 Å². The quantitative estimate of drug-likeness (QED) is 0.871. The van der Waals surface area contributed by atoms with E-state index in [2.05, 4.69) is 21.2 Å². The number of hydrogen-bond donors (Lipinski definition) is 2. The first-order valence-electron chi connectivity index (χ1n) is 6.08. The van der Waals surface area contributed by atoms with E-state index in [0.29, 0.717) is 12.3 Å². The fraction of sp³-hybridized carbons (Fsp3) is 0.200. The van der Waals surface area contributed by atoms with Crippen molar-refractivity contribution in [3.63, 3.8) is 0 Å². The Kier molecular flexibility index (Phi) is 4.74. The van der Waals surface area contributed by atoms with E-state index in [1.54, 1.807) is 13.2 Å². The van der Waals surface area contributed by atoms with Gasteiger partial charge in [-0.2, -0.15) is 0 Å². The molecular formula is C15H16BrNO3. The second kappa shape index (κ2) is 6.52. The van der Waals surface area contributed by atoms with Crippen LogP contribution in [0, 0.1) is 0 Å². The first kappa shape index (κ1) is 14.5. The first-order valence-corrected chi connectivity index (χ1v) is 6.87. The van der Waals surface area contributed by atoms with Gasteiger partial charge in [-0.1, -0.05) is 12.1 Å². The summed E-state index contributed by atoms with van der Waals surface area (Å²) in [6.45, 7) is 0.494. The Bertz CT molecular complexity index is 602. The lowest BCUT2D eigenvalue weighted by Crippen LogP contribution is -2.00. The third-order valence-corrected chi connectivity index (χ3v) is 3.59. The number of rotatable bonds is 5. The molecule has 0 fully saturated rings. The molecule has 0 bridgehead atoms. The van der Waals surface area contributed by atoms with Gasteiger partial charge < -0.3 is 19.9 Å². The number of phenols is 1. The fourth-order valence-electron chi connectivity index (χ4n) is 1.84. The zero-order valence-corrected chi connectivity index (χ0v) is 12.9. The second-order valence-electron chi connectivity index (χ2n) is 4.17. The molecule has 4 nitrogen and oxygen atoms in total. The minimum Gasteiger partial charge on any atom is -0.504 e. The van der Waals surface area contributed by atoms with Gasteiger partial charge in [0.25, 0.3) is 0 Å². The van der Waals surface area contributed by atoms with E-state index in [9.17, 15) is 5.11 Å². The molecule has 0 spiro atoms. The summed E-state index contributed by atoms with van der Waals surface area (Å²) in [6.07, 6.45) is 0.